The van der Waals surface area contributed by atoms with Crippen LogP contribution >= 0.6 is 0 Å². The van der Waals surface area contributed by atoms with Crippen LogP contribution in [-0.4, -0.2) is 60.7 Å². The third-order valence-corrected chi connectivity index (χ3v) is 4.19. The molecule has 2 saturated heterocycles. The van der Waals surface area contributed by atoms with E-state index in [9.17, 15) is 14.4 Å². The molecule has 2 aliphatic heterocycles. The van der Waals surface area contributed by atoms with Crippen molar-refractivity contribution in [3.05, 3.63) is 0 Å². The molecule has 0 radical (unpaired) electrons. The number of carbonyl (C=O) groups is 3. The molecule has 6 heteroatoms. The van der Waals surface area contributed by atoms with Crippen LogP contribution in [0.15, 0.2) is 0 Å². The number of likely N-dealkylation sites (tertiary alicyclic amines) is 2. The van der Waals surface area contributed by atoms with E-state index in [1.54, 1.807) is 9.80 Å². The molecule has 0 bridgehead atoms. The maximum atomic E-state index is 11.9. The van der Waals surface area contributed by atoms with E-state index in [-0.39, 0.29) is 29.7 Å². The average Bonchev–Trinajstić information content (AvgIpc) is 2.62. The van der Waals surface area contributed by atoms with Crippen LogP contribution in [0.3, 0.4) is 0 Å². The third-order valence-electron chi connectivity index (χ3n) is 4.19. The van der Waals surface area contributed by atoms with Gasteiger partial charge in [-0.05, 0) is 12.8 Å². The lowest BCUT2D eigenvalue weighted by molar-refractivity contribution is -0.134. The van der Waals surface area contributed by atoms with Gasteiger partial charge in [0.1, 0.15) is 0 Å². The summed E-state index contributed by atoms with van der Waals surface area (Å²) in [6, 6.07) is 0. The van der Waals surface area contributed by atoms with Gasteiger partial charge in [0, 0.05) is 45.4 Å². The standard InChI is InChI=1S/C13H21N3O3/c1-10(17)14-8-12(19)16-5-3-13(4-6-16)7-11(18)15(2)9-13/h3-9H2,1-2H3,(H,14,17). The van der Waals surface area contributed by atoms with Crippen molar-refractivity contribution < 1.29 is 14.4 Å². The van der Waals surface area contributed by atoms with Crippen molar-refractivity contribution in [2.75, 3.05) is 33.2 Å². The Morgan fingerprint density at radius 3 is 2.42 bits per heavy atom. The summed E-state index contributed by atoms with van der Waals surface area (Å²) in [5.74, 6) is -0.0226. The van der Waals surface area contributed by atoms with E-state index in [1.165, 1.54) is 6.92 Å². The average molecular weight is 267 g/mol. The van der Waals surface area contributed by atoms with Crippen molar-refractivity contribution in [1.29, 1.82) is 0 Å². The summed E-state index contributed by atoms with van der Waals surface area (Å²) in [6.07, 6.45) is 2.35. The van der Waals surface area contributed by atoms with E-state index >= 15 is 0 Å². The number of rotatable bonds is 2. The lowest BCUT2D eigenvalue weighted by Crippen LogP contribution is -2.47. The minimum absolute atomic E-state index is 0.0391. The molecular weight excluding hydrogens is 246 g/mol. The molecular formula is C13H21N3O3. The van der Waals surface area contributed by atoms with Gasteiger partial charge in [0.2, 0.25) is 17.7 Å². The van der Waals surface area contributed by atoms with E-state index < -0.39 is 0 Å². The first-order valence-electron chi connectivity index (χ1n) is 6.68. The van der Waals surface area contributed by atoms with E-state index in [0.29, 0.717) is 19.5 Å². The smallest absolute Gasteiger partial charge is 0.241 e. The zero-order valence-electron chi connectivity index (χ0n) is 11.6. The molecule has 0 atom stereocenters. The van der Waals surface area contributed by atoms with E-state index in [4.69, 9.17) is 0 Å². The molecule has 2 aliphatic rings. The maximum absolute atomic E-state index is 11.9. The summed E-state index contributed by atoms with van der Waals surface area (Å²) in [7, 11) is 1.84. The Labute approximate surface area is 113 Å². The summed E-state index contributed by atoms with van der Waals surface area (Å²) in [5, 5.41) is 2.53. The van der Waals surface area contributed by atoms with Crippen LogP contribution in [0.2, 0.25) is 0 Å². The van der Waals surface area contributed by atoms with E-state index in [2.05, 4.69) is 5.32 Å². The Kier molecular flexibility index (Phi) is 3.78. The quantitative estimate of drug-likeness (QED) is 0.739. The first-order chi connectivity index (χ1) is 8.92. The van der Waals surface area contributed by atoms with Crippen LogP contribution in [0.5, 0.6) is 0 Å². The highest BCUT2D eigenvalue weighted by molar-refractivity contribution is 5.84. The summed E-state index contributed by atoms with van der Waals surface area (Å²) >= 11 is 0. The van der Waals surface area contributed by atoms with Gasteiger partial charge in [-0.15, -0.1) is 0 Å². The van der Waals surface area contributed by atoms with Gasteiger partial charge in [-0.2, -0.15) is 0 Å². The lowest BCUT2D eigenvalue weighted by Gasteiger charge is -2.38. The van der Waals surface area contributed by atoms with E-state index in [1.807, 2.05) is 7.05 Å². The van der Waals surface area contributed by atoms with Crippen molar-refractivity contribution >= 4 is 17.7 Å². The predicted octanol–water partition coefficient (Wildman–Crippen LogP) is -0.407. The molecule has 0 saturated carbocycles. The third kappa shape index (κ3) is 3.05. The second-order valence-electron chi connectivity index (χ2n) is 5.72. The van der Waals surface area contributed by atoms with E-state index in [0.717, 1.165) is 19.4 Å². The summed E-state index contributed by atoms with van der Waals surface area (Å²) in [6.45, 7) is 3.64. The first-order valence-corrected chi connectivity index (χ1v) is 6.68. The summed E-state index contributed by atoms with van der Waals surface area (Å²) in [5.41, 5.74) is 0.0661. The molecule has 6 nitrogen and oxygen atoms in total. The molecule has 3 amide bonds. The zero-order chi connectivity index (χ0) is 14.0. The van der Waals surface area contributed by atoms with Crippen LogP contribution in [0.25, 0.3) is 0 Å². The monoisotopic (exact) mass is 267 g/mol. The van der Waals surface area contributed by atoms with Crippen LogP contribution in [0.4, 0.5) is 0 Å². The Morgan fingerprint density at radius 1 is 1.32 bits per heavy atom. The van der Waals surface area contributed by atoms with Crippen LogP contribution in [0.1, 0.15) is 26.2 Å². The largest absolute Gasteiger partial charge is 0.347 e. The van der Waals surface area contributed by atoms with Crippen molar-refractivity contribution in [1.82, 2.24) is 15.1 Å². The minimum Gasteiger partial charge on any atom is -0.347 e. The number of nitrogens with zero attached hydrogens (tertiary/aromatic N) is 2. The van der Waals surface area contributed by atoms with Gasteiger partial charge in [0.05, 0.1) is 6.54 Å². The molecule has 0 aromatic rings. The van der Waals surface area contributed by atoms with Gasteiger partial charge in [0.25, 0.3) is 0 Å². The second kappa shape index (κ2) is 5.19. The van der Waals surface area contributed by atoms with Crippen LogP contribution < -0.4 is 5.32 Å². The number of nitrogens with one attached hydrogen (secondary N) is 1. The molecule has 0 aromatic carbocycles. The fraction of sp³-hybridized carbons (Fsp3) is 0.769. The predicted molar refractivity (Wildman–Crippen MR) is 69.2 cm³/mol. The Balaban J connectivity index is 1.84. The number of hydrogen-bond donors (Lipinski definition) is 1. The lowest BCUT2D eigenvalue weighted by atomic mass is 9.77. The zero-order valence-corrected chi connectivity index (χ0v) is 11.6. The Hall–Kier alpha value is -1.59. The van der Waals surface area contributed by atoms with Gasteiger partial charge in [-0.1, -0.05) is 0 Å². The van der Waals surface area contributed by atoms with Crippen LogP contribution in [-0.2, 0) is 14.4 Å². The highest BCUT2D eigenvalue weighted by atomic mass is 16.2. The van der Waals surface area contributed by atoms with Gasteiger partial charge < -0.3 is 15.1 Å². The molecule has 0 unspecified atom stereocenters. The molecule has 2 heterocycles. The number of carbonyl (C=O) groups excluding carboxylic acids is 3. The fourth-order valence-corrected chi connectivity index (χ4v) is 2.98. The van der Waals surface area contributed by atoms with Gasteiger partial charge in [-0.25, -0.2) is 0 Å². The van der Waals surface area contributed by atoms with Crippen molar-refractivity contribution in [3.8, 4) is 0 Å². The highest BCUT2D eigenvalue weighted by Gasteiger charge is 2.44. The molecule has 1 N–H and O–H groups in total. The summed E-state index contributed by atoms with van der Waals surface area (Å²) < 4.78 is 0. The van der Waals surface area contributed by atoms with Gasteiger partial charge in [0.15, 0.2) is 0 Å². The summed E-state index contributed by atoms with van der Waals surface area (Å²) in [4.78, 5) is 37.9. The molecule has 0 aliphatic carbocycles. The molecule has 2 rings (SSSR count). The van der Waals surface area contributed by atoms with Gasteiger partial charge >= 0.3 is 0 Å². The fourth-order valence-electron chi connectivity index (χ4n) is 2.98. The highest BCUT2D eigenvalue weighted by Crippen LogP contribution is 2.40. The number of hydrogen-bond acceptors (Lipinski definition) is 3. The molecule has 106 valence electrons. The van der Waals surface area contributed by atoms with Crippen molar-refractivity contribution in [3.63, 3.8) is 0 Å². The maximum Gasteiger partial charge on any atom is 0.241 e. The molecule has 0 aromatic heterocycles. The van der Waals surface area contributed by atoms with Crippen molar-refractivity contribution in [2.45, 2.75) is 26.2 Å². The second-order valence-corrected chi connectivity index (χ2v) is 5.72. The van der Waals surface area contributed by atoms with Gasteiger partial charge in [-0.3, -0.25) is 14.4 Å². The van der Waals surface area contributed by atoms with Crippen molar-refractivity contribution in [2.24, 2.45) is 5.41 Å². The molecule has 1 spiro atoms. The molecule has 19 heavy (non-hydrogen) atoms. The number of amides is 3. The normalized spacial score (nSPS) is 21.9. The first kappa shape index (κ1) is 13.8. The Morgan fingerprint density at radius 2 is 1.95 bits per heavy atom. The molecule has 2 fully saturated rings. The Bertz CT molecular complexity index is 400. The van der Waals surface area contributed by atoms with Crippen LogP contribution in [0, 0.1) is 5.41 Å². The SMILES string of the molecule is CC(=O)NCC(=O)N1CCC2(CC1)CC(=O)N(C)C2. The topological polar surface area (TPSA) is 69.7 Å². The number of piperidine rings is 1. The minimum atomic E-state index is -0.190.